The van der Waals surface area contributed by atoms with Gasteiger partial charge < -0.3 is 4.52 Å². The number of hydrogen-bond acceptors (Lipinski definition) is 5. The second kappa shape index (κ2) is 8.39. The number of aryl methyl sites for hydroxylation is 1. The van der Waals surface area contributed by atoms with Gasteiger partial charge in [0.15, 0.2) is 0 Å². The van der Waals surface area contributed by atoms with Crippen LogP contribution in [-0.4, -0.2) is 46.1 Å². The molecule has 2 aromatic carbocycles. The SMILES string of the molecule is Cc1ccc(-c2noc(CN3CCN(Cc4ccc(F)cc4Cl)CC3)n2)cc1. The average Bonchev–Trinajstić information content (AvgIpc) is 3.14. The minimum Gasteiger partial charge on any atom is -0.338 e. The van der Waals surface area contributed by atoms with E-state index in [1.807, 2.05) is 24.3 Å². The van der Waals surface area contributed by atoms with Crippen molar-refractivity contribution in [3.63, 3.8) is 0 Å². The summed E-state index contributed by atoms with van der Waals surface area (Å²) in [5.41, 5.74) is 3.12. The van der Waals surface area contributed by atoms with E-state index in [-0.39, 0.29) is 5.82 Å². The van der Waals surface area contributed by atoms with Crippen molar-refractivity contribution < 1.29 is 8.91 Å². The molecule has 4 rings (SSSR count). The fraction of sp³-hybridized carbons (Fsp3) is 0.333. The molecule has 0 atom stereocenters. The third kappa shape index (κ3) is 4.58. The molecule has 2 heterocycles. The standard InChI is InChI=1S/C21H22ClFN4O/c1-15-2-4-16(5-3-15)21-24-20(28-25-21)14-27-10-8-26(9-11-27)13-17-6-7-18(23)12-19(17)22/h2-7,12H,8-11,13-14H2,1H3. The lowest BCUT2D eigenvalue weighted by Crippen LogP contribution is -2.45. The maximum Gasteiger partial charge on any atom is 0.241 e. The molecule has 7 heteroatoms. The van der Waals surface area contributed by atoms with E-state index in [4.69, 9.17) is 16.1 Å². The first-order valence-corrected chi connectivity index (χ1v) is 9.73. The van der Waals surface area contributed by atoms with E-state index in [2.05, 4.69) is 26.9 Å². The van der Waals surface area contributed by atoms with E-state index in [0.717, 1.165) is 43.9 Å². The molecule has 0 aliphatic carbocycles. The van der Waals surface area contributed by atoms with Gasteiger partial charge in [-0.25, -0.2) is 4.39 Å². The fourth-order valence-corrected chi connectivity index (χ4v) is 3.55. The molecule has 1 aliphatic heterocycles. The smallest absolute Gasteiger partial charge is 0.241 e. The highest BCUT2D eigenvalue weighted by atomic mass is 35.5. The highest BCUT2D eigenvalue weighted by Crippen LogP contribution is 2.21. The van der Waals surface area contributed by atoms with Crippen LogP contribution < -0.4 is 0 Å². The maximum atomic E-state index is 13.2. The Hall–Kier alpha value is -2.28. The van der Waals surface area contributed by atoms with Crippen LogP contribution in [0.15, 0.2) is 47.0 Å². The summed E-state index contributed by atoms with van der Waals surface area (Å²) in [6.07, 6.45) is 0. The third-order valence-corrected chi connectivity index (χ3v) is 5.36. The molecule has 5 nitrogen and oxygen atoms in total. The zero-order valence-electron chi connectivity index (χ0n) is 15.7. The topological polar surface area (TPSA) is 45.4 Å². The highest BCUT2D eigenvalue weighted by Gasteiger charge is 2.20. The zero-order chi connectivity index (χ0) is 19.5. The summed E-state index contributed by atoms with van der Waals surface area (Å²) in [6.45, 7) is 7.05. The van der Waals surface area contributed by atoms with Gasteiger partial charge in [0.1, 0.15) is 5.82 Å². The number of nitrogens with zero attached hydrogens (tertiary/aromatic N) is 4. The van der Waals surface area contributed by atoms with Crippen molar-refractivity contribution in [3.05, 3.63) is 70.3 Å². The third-order valence-electron chi connectivity index (χ3n) is 5.01. The summed E-state index contributed by atoms with van der Waals surface area (Å²) in [4.78, 5) is 9.15. The number of aromatic nitrogens is 2. The van der Waals surface area contributed by atoms with Gasteiger partial charge in [0.25, 0.3) is 0 Å². The molecular weight excluding hydrogens is 379 g/mol. The number of benzene rings is 2. The van der Waals surface area contributed by atoms with Crippen LogP contribution in [-0.2, 0) is 13.1 Å². The Morgan fingerprint density at radius 3 is 2.36 bits per heavy atom. The van der Waals surface area contributed by atoms with Crippen molar-refractivity contribution in [2.45, 2.75) is 20.0 Å². The van der Waals surface area contributed by atoms with Gasteiger partial charge in [0.2, 0.25) is 11.7 Å². The number of piperazine rings is 1. The molecular formula is C21H22ClFN4O. The lowest BCUT2D eigenvalue weighted by Gasteiger charge is -2.34. The Labute approximate surface area is 168 Å². The Morgan fingerprint density at radius 2 is 1.68 bits per heavy atom. The molecule has 0 N–H and O–H groups in total. The number of hydrogen-bond donors (Lipinski definition) is 0. The van der Waals surface area contributed by atoms with E-state index in [1.54, 1.807) is 6.07 Å². The zero-order valence-corrected chi connectivity index (χ0v) is 16.5. The van der Waals surface area contributed by atoms with Crippen molar-refractivity contribution in [2.75, 3.05) is 26.2 Å². The van der Waals surface area contributed by atoms with E-state index < -0.39 is 0 Å². The van der Waals surface area contributed by atoms with Gasteiger partial charge in [-0.15, -0.1) is 0 Å². The van der Waals surface area contributed by atoms with Gasteiger partial charge in [-0.2, -0.15) is 4.98 Å². The van der Waals surface area contributed by atoms with Crippen molar-refractivity contribution in [1.29, 1.82) is 0 Å². The van der Waals surface area contributed by atoms with Crippen LogP contribution in [0.4, 0.5) is 4.39 Å². The lowest BCUT2D eigenvalue weighted by molar-refractivity contribution is 0.112. The largest absolute Gasteiger partial charge is 0.338 e. The number of rotatable bonds is 5. The second-order valence-electron chi connectivity index (χ2n) is 7.17. The van der Waals surface area contributed by atoms with Crippen LogP contribution >= 0.6 is 11.6 Å². The molecule has 28 heavy (non-hydrogen) atoms. The molecule has 0 bridgehead atoms. The first-order chi connectivity index (χ1) is 13.6. The van der Waals surface area contributed by atoms with Crippen LogP contribution in [0.25, 0.3) is 11.4 Å². The summed E-state index contributed by atoms with van der Waals surface area (Å²) >= 11 is 6.14. The van der Waals surface area contributed by atoms with Crippen molar-refractivity contribution >= 4 is 11.6 Å². The Morgan fingerprint density at radius 1 is 1.00 bits per heavy atom. The fourth-order valence-electron chi connectivity index (χ4n) is 3.33. The van der Waals surface area contributed by atoms with Crippen LogP contribution in [0.5, 0.6) is 0 Å². The molecule has 1 fully saturated rings. The maximum absolute atomic E-state index is 13.2. The number of halogens is 2. The quantitative estimate of drug-likeness (QED) is 0.643. The molecule has 146 valence electrons. The molecule has 0 unspecified atom stereocenters. The predicted molar refractivity (Wildman–Crippen MR) is 106 cm³/mol. The summed E-state index contributed by atoms with van der Waals surface area (Å²) in [6, 6.07) is 12.7. The van der Waals surface area contributed by atoms with Gasteiger partial charge in [-0.3, -0.25) is 9.80 Å². The second-order valence-corrected chi connectivity index (χ2v) is 7.57. The molecule has 0 saturated carbocycles. The van der Waals surface area contributed by atoms with Crippen molar-refractivity contribution in [1.82, 2.24) is 19.9 Å². The highest BCUT2D eigenvalue weighted by molar-refractivity contribution is 6.31. The lowest BCUT2D eigenvalue weighted by atomic mass is 10.1. The Balaban J connectivity index is 1.30. The predicted octanol–water partition coefficient (Wildman–Crippen LogP) is 4.16. The molecule has 3 aromatic rings. The molecule has 1 aliphatic rings. The Kier molecular flexibility index (Phi) is 5.71. The van der Waals surface area contributed by atoms with E-state index in [9.17, 15) is 4.39 Å². The van der Waals surface area contributed by atoms with Gasteiger partial charge in [-0.05, 0) is 24.6 Å². The summed E-state index contributed by atoms with van der Waals surface area (Å²) < 4.78 is 18.6. The molecule has 0 spiro atoms. The molecule has 0 amide bonds. The summed E-state index contributed by atoms with van der Waals surface area (Å²) in [5, 5.41) is 4.58. The monoisotopic (exact) mass is 400 g/mol. The van der Waals surface area contributed by atoms with Gasteiger partial charge >= 0.3 is 0 Å². The molecule has 1 aromatic heterocycles. The van der Waals surface area contributed by atoms with E-state index in [1.165, 1.54) is 17.7 Å². The van der Waals surface area contributed by atoms with E-state index >= 15 is 0 Å². The first-order valence-electron chi connectivity index (χ1n) is 9.35. The first kappa shape index (κ1) is 19.1. The minimum absolute atomic E-state index is 0.303. The van der Waals surface area contributed by atoms with Gasteiger partial charge in [-0.1, -0.05) is 52.7 Å². The van der Waals surface area contributed by atoms with Crippen LogP contribution in [0.3, 0.4) is 0 Å². The van der Waals surface area contributed by atoms with Crippen LogP contribution in [0.2, 0.25) is 5.02 Å². The van der Waals surface area contributed by atoms with Crippen LogP contribution in [0.1, 0.15) is 17.0 Å². The average molecular weight is 401 g/mol. The van der Waals surface area contributed by atoms with Crippen molar-refractivity contribution in [2.24, 2.45) is 0 Å². The van der Waals surface area contributed by atoms with Gasteiger partial charge in [0, 0.05) is 43.3 Å². The van der Waals surface area contributed by atoms with Crippen molar-refractivity contribution in [3.8, 4) is 11.4 Å². The molecule has 1 saturated heterocycles. The molecule has 0 radical (unpaired) electrons. The van der Waals surface area contributed by atoms with Gasteiger partial charge in [0.05, 0.1) is 6.54 Å². The summed E-state index contributed by atoms with van der Waals surface area (Å²) in [5.74, 6) is 0.952. The summed E-state index contributed by atoms with van der Waals surface area (Å²) in [7, 11) is 0. The van der Waals surface area contributed by atoms with Crippen LogP contribution in [0, 0.1) is 12.7 Å². The minimum atomic E-state index is -0.303. The normalized spacial score (nSPS) is 15.8. The Bertz CT molecular complexity index is 936. The van der Waals surface area contributed by atoms with E-state index in [0.29, 0.717) is 23.3 Å².